The van der Waals surface area contributed by atoms with E-state index in [1.165, 1.54) is 6.21 Å². The van der Waals surface area contributed by atoms with E-state index in [9.17, 15) is 14.1 Å². The molecule has 112 valence electrons. The zero-order valence-electron chi connectivity index (χ0n) is 12.0. The Kier molecular flexibility index (Phi) is 5.44. The highest BCUT2D eigenvalue weighted by atomic mass is 32.2. The van der Waals surface area contributed by atoms with E-state index in [-0.39, 0.29) is 17.5 Å². The van der Waals surface area contributed by atoms with Crippen LogP contribution in [0, 0.1) is 0 Å². The van der Waals surface area contributed by atoms with Crippen LogP contribution >= 0.6 is 0 Å². The Balaban J connectivity index is 2.07. The molecule has 2 unspecified atom stereocenters. The highest BCUT2D eigenvalue weighted by molar-refractivity contribution is 7.84. The summed E-state index contributed by atoms with van der Waals surface area (Å²) in [6.45, 7) is 0.398. The van der Waals surface area contributed by atoms with Gasteiger partial charge in [0.2, 0.25) is 0 Å². The molecule has 2 atom stereocenters. The standard InChI is InChI=1S/C16H19NO3S/c1-21(20)8-7-17-11-14-15(18)9-13(10-16(14)19)12-5-3-2-4-6-12/h2-6,11,13,18H,7-10H2,1H3. The predicted molar refractivity (Wildman–Crippen MR) is 85.4 cm³/mol. The van der Waals surface area contributed by atoms with Gasteiger partial charge in [-0.15, -0.1) is 0 Å². The van der Waals surface area contributed by atoms with Crippen molar-refractivity contribution < 1.29 is 14.1 Å². The zero-order chi connectivity index (χ0) is 15.2. The molecule has 5 heteroatoms. The Labute approximate surface area is 127 Å². The van der Waals surface area contributed by atoms with Crippen molar-refractivity contribution in [2.24, 2.45) is 4.99 Å². The first-order chi connectivity index (χ1) is 10.1. The molecule has 0 aliphatic heterocycles. The summed E-state index contributed by atoms with van der Waals surface area (Å²) in [5.74, 6) is 0.500. The highest BCUT2D eigenvalue weighted by Crippen LogP contribution is 2.32. The molecule has 1 aromatic rings. The summed E-state index contributed by atoms with van der Waals surface area (Å²) in [4.78, 5) is 16.2. The number of carbonyl (C=O) groups excluding carboxylic acids is 1. The molecule has 0 spiro atoms. The van der Waals surface area contributed by atoms with Crippen LogP contribution in [-0.2, 0) is 15.6 Å². The minimum absolute atomic E-state index is 0.0268. The summed E-state index contributed by atoms with van der Waals surface area (Å²) in [5, 5.41) is 10.1. The number of rotatable bonds is 5. The molecule has 1 N–H and O–H groups in total. The van der Waals surface area contributed by atoms with Crippen LogP contribution in [0.25, 0.3) is 0 Å². The van der Waals surface area contributed by atoms with Gasteiger partial charge in [-0.25, -0.2) is 0 Å². The number of benzene rings is 1. The van der Waals surface area contributed by atoms with E-state index in [2.05, 4.69) is 4.99 Å². The number of hydrogen-bond donors (Lipinski definition) is 1. The molecule has 0 aromatic heterocycles. The van der Waals surface area contributed by atoms with E-state index in [1.54, 1.807) is 6.26 Å². The Morgan fingerprint density at radius 3 is 2.67 bits per heavy atom. The molecular formula is C16H19NO3S. The molecule has 4 nitrogen and oxygen atoms in total. The van der Waals surface area contributed by atoms with Gasteiger partial charge in [-0.2, -0.15) is 0 Å². The number of nitrogens with zero attached hydrogens (tertiary/aromatic N) is 1. The number of hydrogen-bond acceptors (Lipinski definition) is 4. The maximum absolute atomic E-state index is 12.1. The normalized spacial score (nSPS) is 21.0. The minimum Gasteiger partial charge on any atom is -0.511 e. The van der Waals surface area contributed by atoms with Gasteiger partial charge in [0.25, 0.3) is 0 Å². The molecule has 21 heavy (non-hydrogen) atoms. The molecular weight excluding hydrogens is 286 g/mol. The third-order valence-electron chi connectivity index (χ3n) is 3.48. The molecule has 0 amide bonds. The van der Waals surface area contributed by atoms with E-state index < -0.39 is 10.8 Å². The monoisotopic (exact) mass is 305 g/mol. The van der Waals surface area contributed by atoms with Gasteiger partial charge in [0, 0.05) is 41.9 Å². The maximum Gasteiger partial charge on any atom is 0.168 e. The fourth-order valence-electron chi connectivity index (χ4n) is 2.35. The number of aliphatic imine (C=N–C) groups is 1. The number of Topliss-reactive ketones (excluding diaryl/α,β-unsaturated/α-hetero) is 1. The summed E-state index contributed by atoms with van der Waals surface area (Å²) < 4.78 is 10.9. The van der Waals surface area contributed by atoms with E-state index in [0.717, 1.165) is 5.56 Å². The van der Waals surface area contributed by atoms with Crippen LogP contribution in [0.4, 0.5) is 0 Å². The van der Waals surface area contributed by atoms with Crippen molar-refractivity contribution >= 4 is 22.8 Å². The van der Waals surface area contributed by atoms with Crippen molar-refractivity contribution in [3.63, 3.8) is 0 Å². The van der Waals surface area contributed by atoms with E-state index in [4.69, 9.17) is 0 Å². The van der Waals surface area contributed by atoms with Crippen LogP contribution in [0.1, 0.15) is 24.3 Å². The summed E-state index contributed by atoms with van der Waals surface area (Å²) in [6, 6.07) is 9.74. The largest absolute Gasteiger partial charge is 0.511 e. The lowest BCUT2D eigenvalue weighted by Crippen LogP contribution is -2.19. The number of ketones is 1. The topological polar surface area (TPSA) is 66.7 Å². The molecule has 0 radical (unpaired) electrons. The van der Waals surface area contributed by atoms with Crippen LogP contribution < -0.4 is 0 Å². The molecule has 2 rings (SSSR count). The fourth-order valence-corrected chi connectivity index (χ4v) is 2.72. The fraction of sp³-hybridized carbons (Fsp3) is 0.375. The van der Waals surface area contributed by atoms with Crippen LogP contribution in [0.2, 0.25) is 0 Å². The first-order valence-corrected chi connectivity index (χ1v) is 8.60. The van der Waals surface area contributed by atoms with Crippen LogP contribution in [0.5, 0.6) is 0 Å². The summed E-state index contributed by atoms with van der Waals surface area (Å²) in [6.07, 6.45) is 3.88. The van der Waals surface area contributed by atoms with Gasteiger partial charge in [-0.3, -0.25) is 14.0 Å². The van der Waals surface area contributed by atoms with Gasteiger partial charge in [-0.05, 0) is 11.5 Å². The molecule has 0 bridgehead atoms. The van der Waals surface area contributed by atoms with Crippen molar-refractivity contribution in [1.82, 2.24) is 0 Å². The molecule has 1 aromatic carbocycles. The van der Waals surface area contributed by atoms with Gasteiger partial charge < -0.3 is 5.11 Å². The summed E-state index contributed by atoms with van der Waals surface area (Å²) >= 11 is 0. The maximum atomic E-state index is 12.1. The van der Waals surface area contributed by atoms with Gasteiger partial charge in [-0.1, -0.05) is 30.3 Å². The second kappa shape index (κ2) is 7.31. The first-order valence-electron chi connectivity index (χ1n) is 6.88. The van der Waals surface area contributed by atoms with Crippen LogP contribution in [0.15, 0.2) is 46.7 Å². The van der Waals surface area contributed by atoms with Crippen molar-refractivity contribution in [2.45, 2.75) is 18.8 Å². The number of aliphatic hydroxyl groups is 1. The Morgan fingerprint density at radius 1 is 1.33 bits per heavy atom. The minimum atomic E-state index is -0.897. The van der Waals surface area contributed by atoms with Crippen LogP contribution in [0.3, 0.4) is 0 Å². The summed E-state index contributed by atoms with van der Waals surface area (Å²) in [5.41, 5.74) is 1.36. The van der Waals surface area contributed by atoms with E-state index in [1.807, 2.05) is 30.3 Å². The highest BCUT2D eigenvalue weighted by Gasteiger charge is 2.27. The predicted octanol–water partition coefficient (Wildman–Crippen LogP) is 2.39. The van der Waals surface area contributed by atoms with Crippen molar-refractivity contribution in [2.75, 3.05) is 18.6 Å². The molecule has 1 aliphatic rings. The van der Waals surface area contributed by atoms with Crippen molar-refractivity contribution in [3.05, 3.63) is 47.2 Å². The number of allylic oxidation sites excluding steroid dienone is 2. The third kappa shape index (κ3) is 4.36. The zero-order valence-corrected chi connectivity index (χ0v) is 12.8. The number of carbonyl (C=O) groups is 1. The third-order valence-corrected chi connectivity index (χ3v) is 4.24. The Bertz CT molecular complexity index is 593. The van der Waals surface area contributed by atoms with E-state index in [0.29, 0.717) is 30.7 Å². The summed E-state index contributed by atoms with van der Waals surface area (Å²) in [7, 11) is -0.897. The van der Waals surface area contributed by atoms with Gasteiger partial charge in [0.15, 0.2) is 5.78 Å². The molecule has 0 saturated heterocycles. The molecule has 1 aliphatic carbocycles. The molecule has 0 heterocycles. The van der Waals surface area contributed by atoms with E-state index >= 15 is 0 Å². The SMILES string of the molecule is CS(=O)CCN=CC1=C(O)CC(c2ccccc2)CC1=O. The first kappa shape index (κ1) is 15.6. The second-order valence-corrected chi connectivity index (χ2v) is 6.67. The lowest BCUT2D eigenvalue weighted by atomic mass is 9.83. The molecule has 0 fully saturated rings. The number of aliphatic hydroxyl groups excluding tert-OH is 1. The Hall–Kier alpha value is -1.75. The van der Waals surface area contributed by atoms with Crippen molar-refractivity contribution in [3.8, 4) is 0 Å². The van der Waals surface area contributed by atoms with Crippen molar-refractivity contribution in [1.29, 1.82) is 0 Å². The van der Waals surface area contributed by atoms with Gasteiger partial charge >= 0.3 is 0 Å². The lowest BCUT2D eigenvalue weighted by molar-refractivity contribution is -0.116. The molecule has 0 saturated carbocycles. The average molecular weight is 305 g/mol. The van der Waals surface area contributed by atoms with Gasteiger partial charge in [0.05, 0.1) is 12.1 Å². The average Bonchev–Trinajstić information content (AvgIpc) is 2.46. The Morgan fingerprint density at radius 2 is 2.05 bits per heavy atom. The quantitative estimate of drug-likeness (QED) is 0.849. The second-order valence-electron chi connectivity index (χ2n) is 5.11. The lowest BCUT2D eigenvalue weighted by Gasteiger charge is -2.22. The van der Waals surface area contributed by atoms with Crippen LogP contribution in [-0.4, -0.2) is 39.9 Å². The van der Waals surface area contributed by atoms with Gasteiger partial charge in [0.1, 0.15) is 5.76 Å². The smallest absolute Gasteiger partial charge is 0.168 e.